The number of aliphatic hydroxyl groups is 1. The Morgan fingerprint density at radius 3 is 2.62 bits per heavy atom. The maximum atomic E-state index is 10.6. The normalized spacial score (nSPS) is 12.1. The van der Waals surface area contributed by atoms with Crippen LogP contribution in [0.15, 0.2) is 54.6 Å². The first kappa shape index (κ1) is 16.0. The predicted molar refractivity (Wildman–Crippen MR) is 95.6 cm³/mol. The average molecular weight is 321 g/mol. The third kappa shape index (κ3) is 3.39. The number of carboxylic acids is 1. The molecule has 0 unspecified atom stereocenters. The lowest BCUT2D eigenvalue weighted by atomic mass is 9.96. The third-order valence-corrected chi connectivity index (χ3v) is 3.94. The lowest BCUT2D eigenvalue weighted by Crippen LogP contribution is -2.15. The second kappa shape index (κ2) is 5.98. The van der Waals surface area contributed by atoms with Crippen LogP contribution in [-0.2, 0) is 10.4 Å². The minimum atomic E-state index is -0.965. The highest BCUT2D eigenvalue weighted by atomic mass is 16.4. The Morgan fingerprint density at radius 1 is 1.12 bits per heavy atom. The van der Waals surface area contributed by atoms with Crippen LogP contribution in [0.4, 0.5) is 0 Å². The maximum Gasteiger partial charge on any atom is 0.328 e. The lowest BCUT2D eigenvalue weighted by Gasteiger charge is -2.18. The van der Waals surface area contributed by atoms with E-state index in [0.29, 0.717) is 0 Å². The minimum absolute atomic E-state index is 0.834. The zero-order chi connectivity index (χ0) is 17.3. The van der Waals surface area contributed by atoms with Gasteiger partial charge in [-0.15, -0.1) is 0 Å². The molecule has 0 radical (unpaired) electrons. The van der Waals surface area contributed by atoms with E-state index in [1.807, 2.05) is 48.5 Å². The van der Waals surface area contributed by atoms with Gasteiger partial charge in [0.25, 0.3) is 0 Å². The molecule has 0 bridgehead atoms. The molecule has 0 fully saturated rings. The topological polar surface area (TPSA) is 73.3 Å². The van der Waals surface area contributed by atoms with Crippen molar-refractivity contribution in [3.8, 4) is 11.3 Å². The summed E-state index contributed by atoms with van der Waals surface area (Å²) >= 11 is 0. The first-order valence-corrected chi connectivity index (χ1v) is 7.70. The van der Waals surface area contributed by atoms with Gasteiger partial charge in [-0.3, -0.25) is 0 Å². The standard InChI is InChI=1S/C20H19NO3/c1-20(2,24)16-5-3-4-14(11-16)18-12-15-10-13(7-9-19(22)23)6-8-17(15)21-18/h3-12,21,24H,1-2H3,(H,22,23)/b9-7+. The van der Waals surface area contributed by atoms with E-state index in [4.69, 9.17) is 5.11 Å². The monoisotopic (exact) mass is 321 g/mol. The van der Waals surface area contributed by atoms with E-state index in [9.17, 15) is 9.90 Å². The number of benzene rings is 2. The summed E-state index contributed by atoms with van der Waals surface area (Å²) in [5, 5.41) is 19.9. The molecular formula is C20H19NO3. The molecule has 1 heterocycles. The molecule has 0 saturated heterocycles. The fraction of sp³-hybridized carbons (Fsp3) is 0.150. The van der Waals surface area contributed by atoms with Crippen LogP contribution in [0.5, 0.6) is 0 Å². The minimum Gasteiger partial charge on any atom is -0.478 e. The molecule has 4 heteroatoms. The average Bonchev–Trinajstić information content (AvgIpc) is 2.95. The van der Waals surface area contributed by atoms with Crippen molar-refractivity contribution in [2.75, 3.05) is 0 Å². The van der Waals surface area contributed by atoms with Crippen molar-refractivity contribution in [3.63, 3.8) is 0 Å². The summed E-state index contributed by atoms with van der Waals surface area (Å²) in [5.74, 6) is -0.965. The number of carboxylic acid groups (broad SMARTS) is 1. The van der Waals surface area contributed by atoms with E-state index in [1.54, 1.807) is 19.9 Å². The third-order valence-electron chi connectivity index (χ3n) is 3.94. The van der Waals surface area contributed by atoms with Crippen LogP contribution >= 0.6 is 0 Å². The van der Waals surface area contributed by atoms with Crippen molar-refractivity contribution in [3.05, 3.63) is 65.7 Å². The summed E-state index contributed by atoms with van der Waals surface area (Å²) in [6.07, 6.45) is 2.70. The van der Waals surface area contributed by atoms with Crippen molar-refractivity contribution in [2.24, 2.45) is 0 Å². The number of hydrogen-bond donors (Lipinski definition) is 3. The van der Waals surface area contributed by atoms with E-state index in [1.165, 1.54) is 0 Å². The molecule has 24 heavy (non-hydrogen) atoms. The van der Waals surface area contributed by atoms with Gasteiger partial charge in [0.15, 0.2) is 0 Å². The molecule has 1 aromatic heterocycles. The molecule has 3 aromatic rings. The first-order valence-electron chi connectivity index (χ1n) is 7.70. The maximum absolute atomic E-state index is 10.6. The largest absolute Gasteiger partial charge is 0.478 e. The van der Waals surface area contributed by atoms with Gasteiger partial charge in [0, 0.05) is 22.7 Å². The Bertz CT molecular complexity index is 929. The highest BCUT2D eigenvalue weighted by Gasteiger charge is 2.16. The second-order valence-corrected chi connectivity index (χ2v) is 6.34. The molecule has 0 aliphatic heterocycles. The van der Waals surface area contributed by atoms with Crippen LogP contribution in [0.1, 0.15) is 25.0 Å². The molecule has 3 N–H and O–H groups in total. The summed E-state index contributed by atoms with van der Waals surface area (Å²) in [6.45, 7) is 3.52. The van der Waals surface area contributed by atoms with E-state index < -0.39 is 11.6 Å². The van der Waals surface area contributed by atoms with Crippen molar-refractivity contribution < 1.29 is 15.0 Å². The van der Waals surface area contributed by atoms with Gasteiger partial charge in [-0.05, 0) is 60.9 Å². The van der Waals surface area contributed by atoms with Crippen molar-refractivity contribution in [1.82, 2.24) is 4.98 Å². The van der Waals surface area contributed by atoms with Crippen LogP contribution < -0.4 is 0 Å². The molecule has 0 aliphatic carbocycles. The Balaban J connectivity index is 2.01. The molecule has 0 amide bonds. The van der Waals surface area contributed by atoms with Crippen molar-refractivity contribution in [2.45, 2.75) is 19.4 Å². The number of rotatable bonds is 4. The van der Waals surface area contributed by atoms with Crippen LogP contribution in [0, 0.1) is 0 Å². The molecule has 0 aliphatic rings. The Morgan fingerprint density at radius 2 is 1.92 bits per heavy atom. The van der Waals surface area contributed by atoms with Gasteiger partial charge in [-0.25, -0.2) is 4.79 Å². The Hall–Kier alpha value is -2.85. The summed E-state index contributed by atoms with van der Waals surface area (Å²) in [5.41, 5.74) is 3.72. The highest BCUT2D eigenvalue weighted by molar-refractivity contribution is 5.90. The number of nitrogens with one attached hydrogen (secondary N) is 1. The fourth-order valence-corrected chi connectivity index (χ4v) is 2.65. The summed E-state index contributed by atoms with van der Waals surface area (Å²) in [7, 11) is 0. The van der Waals surface area contributed by atoms with Crippen molar-refractivity contribution in [1.29, 1.82) is 0 Å². The van der Waals surface area contributed by atoms with E-state index >= 15 is 0 Å². The van der Waals surface area contributed by atoms with Crippen LogP contribution in [0.2, 0.25) is 0 Å². The highest BCUT2D eigenvalue weighted by Crippen LogP contribution is 2.28. The fourth-order valence-electron chi connectivity index (χ4n) is 2.65. The summed E-state index contributed by atoms with van der Waals surface area (Å²) in [4.78, 5) is 14.0. The number of aliphatic carboxylic acids is 1. The number of carbonyl (C=O) groups is 1. The van der Waals surface area contributed by atoms with Gasteiger partial charge in [0.05, 0.1) is 5.60 Å². The molecule has 122 valence electrons. The van der Waals surface area contributed by atoms with Crippen LogP contribution in [-0.4, -0.2) is 21.2 Å². The molecule has 3 rings (SSSR count). The smallest absolute Gasteiger partial charge is 0.328 e. The van der Waals surface area contributed by atoms with Gasteiger partial charge in [-0.2, -0.15) is 0 Å². The predicted octanol–water partition coefficient (Wildman–Crippen LogP) is 4.16. The summed E-state index contributed by atoms with van der Waals surface area (Å²) in [6, 6.07) is 15.6. The molecule has 2 aromatic carbocycles. The number of fused-ring (bicyclic) bond motifs is 1. The molecule has 0 spiro atoms. The molecule has 0 saturated carbocycles. The van der Waals surface area contributed by atoms with Crippen molar-refractivity contribution >= 4 is 22.9 Å². The quantitative estimate of drug-likeness (QED) is 0.632. The Labute approximate surface area is 140 Å². The SMILES string of the molecule is CC(C)(O)c1cccc(-c2cc3cc(/C=C/C(=O)O)ccc3[nH]2)c1. The van der Waals surface area contributed by atoms with Gasteiger partial charge in [0.1, 0.15) is 0 Å². The lowest BCUT2D eigenvalue weighted by molar-refractivity contribution is -0.131. The van der Waals surface area contributed by atoms with E-state index in [-0.39, 0.29) is 0 Å². The molecule has 0 atom stereocenters. The van der Waals surface area contributed by atoms with E-state index in [2.05, 4.69) is 4.98 Å². The van der Waals surface area contributed by atoms with Crippen LogP contribution in [0.25, 0.3) is 28.2 Å². The van der Waals surface area contributed by atoms with E-state index in [0.717, 1.165) is 39.4 Å². The van der Waals surface area contributed by atoms with Gasteiger partial charge in [0.2, 0.25) is 0 Å². The van der Waals surface area contributed by atoms with Gasteiger partial charge in [-0.1, -0.05) is 24.3 Å². The summed E-state index contributed by atoms with van der Waals surface area (Å²) < 4.78 is 0. The van der Waals surface area contributed by atoms with Crippen LogP contribution in [0.3, 0.4) is 0 Å². The first-order chi connectivity index (χ1) is 11.3. The molecular weight excluding hydrogens is 302 g/mol. The zero-order valence-corrected chi connectivity index (χ0v) is 13.6. The second-order valence-electron chi connectivity index (χ2n) is 6.34. The number of hydrogen-bond acceptors (Lipinski definition) is 2. The van der Waals surface area contributed by atoms with Gasteiger partial charge >= 0.3 is 5.97 Å². The number of aromatic amines is 1. The number of H-pyrrole nitrogens is 1. The van der Waals surface area contributed by atoms with Gasteiger partial charge < -0.3 is 15.2 Å². The molecule has 4 nitrogen and oxygen atoms in total. The zero-order valence-electron chi connectivity index (χ0n) is 13.6. The number of aromatic nitrogens is 1. The Kier molecular flexibility index (Phi) is 3.99.